The molecule has 2 aliphatic heterocycles. The van der Waals surface area contributed by atoms with E-state index in [4.69, 9.17) is 4.74 Å². The zero-order chi connectivity index (χ0) is 18.7. The van der Waals surface area contributed by atoms with E-state index in [-0.39, 0.29) is 35.9 Å². The third kappa shape index (κ3) is 4.21. The van der Waals surface area contributed by atoms with Gasteiger partial charge in [0, 0.05) is 32.2 Å². The molecule has 1 amide bonds. The van der Waals surface area contributed by atoms with Crippen molar-refractivity contribution in [1.29, 1.82) is 0 Å². The van der Waals surface area contributed by atoms with E-state index in [1.165, 1.54) is 4.31 Å². The maximum Gasteiger partial charge on any atom is 0.243 e. The van der Waals surface area contributed by atoms with E-state index in [2.05, 4.69) is 5.32 Å². The number of nitrogens with one attached hydrogen (secondary N) is 1. The zero-order valence-corrected chi connectivity index (χ0v) is 15.1. The summed E-state index contributed by atoms with van der Waals surface area (Å²) in [5.74, 6) is -2.64. The van der Waals surface area contributed by atoms with Gasteiger partial charge in [-0.25, -0.2) is 17.2 Å². The summed E-state index contributed by atoms with van der Waals surface area (Å²) in [4.78, 5) is 12.0. The number of carbonyl (C=O) groups is 1. The van der Waals surface area contributed by atoms with Gasteiger partial charge in [0.15, 0.2) is 11.6 Å². The van der Waals surface area contributed by atoms with Gasteiger partial charge in [0.05, 0.1) is 11.0 Å². The molecule has 6 nitrogen and oxygen atoms in total. The molecular weight excluding hydrogens is 366 g/mol. The lowest BCUT2D eigenvalue weighted by Gasteiger charge is -2.30. The van der Waals surface area contributed by atoms with Crippen LogP contribution in [0.1, 0.15) is 25.7 Å². The smallest absolute Gasteiger partial charge is 0.243 e. The van der Waals surface area contributed by atoms with Crippen molar-refractivity contribution in [2.45, 2.75) is 36.7 Å². The Morgan fingerprint density at radius 2 is 1.92 bits per heavy atom. The maximum absolute atomic E-state index is 13.3. The Kier molecular flexibility index (Phi) is 5.89. The van der Waals surface area contributed by atoms with E-state index < -0.39 is 21.7 Å². The molecule has 144 valence electrons. The summed E-state index contributed by atoms with van der Waals surface area (Å²) in [7, 11) is -3.90. The molecule has 0 saturated carbocycles. The largest absolute Gasteiger partial charge is 0.376 e. The molecule has 1 aromatic carbocycles. The number of halogens is 2. The van der Waals surface area contributed by atoms with Crippen LogP contribution in [0.2, 0.25) is 0 Å². The van der Waals surface area contributed by atoms with Gasteiger partial charge < -0.3 is 10.1 Å². The monoisotopic (exact) mass is 388 g/mol. The normalized spacial score (nSPS) is 22.5. The number of rotatable bonds is 5. The van der Waals surface area contributed by atoms with Gasteiger partial charge in [-0.2, -0.15) is 4.31 Å². The minimum absolute atomic E-state index is 0.0628. The summed E-state index contributed by atoms with van der Waals surface area (Å²) < 4.78 is 58.1. The second kappa shape index (κ2) is 7.98. The van der Waals surface area contributed by atoms with Crippen LogP contribution in [0.15, 0.2) is 23.1 Å². The SMILES string of the molecule is O=C(NC[C@H]1CCCO1)C1CCN(S(=O)(=O)c2ccc(F)c(F)c2)CC1. The molecule has 2 aliphatic rings. The van der Waals surface area contributed by atoms with E-state index in [9.17, 15) is 22.0 Å². The Bertz CT molecular complexity index is 758. The van der Waals surface area contributed by atoms with Crippen LogP contribution in [-0.2, 0) is 19.6 Å². The Balaban J connectivity index is 1.55. The van der Waals surface area contributed by atoms with E-state index in [0.717, 1.165) is 31.6 Å². The number of sulfonamides is 1. The predicted molar refractivity (Wildman–Crippen MR) is 89.8 cm³/mol. The second-order valence-electron chi connectivity index (χ2n) is 6.63. The van der Waals surface area contributed by atoms with Crippen molar-refractivity contribution in [1.82, 2.24) is 9.62 Å². The first-order valence-electron chi connectivity index (χ1n) is 8.72. The summed E-state index contributed by atoms with van der Waals surface area (Å²) in [6, 6.07) is 2.53. The van der Waals surface area contributed by atoms with E-state index >= 15 is 0 Å². The molecule has 2 fully saturated rings. The van der Waals surface area contributed by atoms with E-state index in [1.54, 1.807) is 0 Å². The molecule has 2 heterocycles. The number of ether oxygens (including phenoxy) is 1. The summed E-state index contributed by atoms with van der Waals surface area (Å²) in [5.41, 5.74) is 0. The summed E-state index contributed by atoms with van der Waals surface area (Å²) in [5, 5.41) is 2.87. The first-order chi connectivity index (χ1) is 12.4. The molecule has 0 radical (unpaired) electrons. The Morgan fingerprint density at radius 3 is 2.54 bits per heavy atom. The predicted octanol–water partition coefficient (Wildman–Crippen LogP) is 1.66. The van der Waals surface area contributed by atoms with Crippen molar-refractivity contribution < 1.29 is 26.7 Å². The average Bonchev–Trinajstić information content (AvgIpc) is 3.15. The standard InChI is InChI=1S/C17H22F2N2O4S/c18-15-4-3-14(10-16(15)19)26(23,24)21-7-5-12(6-8-21)17(22)20-11-13-2-1-9-25-13/h3-4,10,12-13H,1-2,5-9,11H2,(H,20,22)/t13-/m1/s1. The van der Waals surface area contributed by atoms with Crippen molar-refractivity contribution in [3.05, 3.63) is 29.8 Å². The van der Waals surface area contributed by atoms with Crippen LogP contribution < -0.4 is 5.32 Å². The van der Waals surface area contributed by atoms with Crippen LogP contribution in [0.3, 0.4) is 0 Å². The molecule has 0 bridgehead atoms. The van der Waals surface area contributed by atoms with Gasteiger partial charge in [0.2, 0.25) is 15.9 Å². The number of nitrogens with zero attached hydrogens (tertiary/aromatic N) is 1. The summed E-state index contributed by atoms with van der Waals surface area (Å²) >= 11 is 0. The molecule has 1 aromatic rings. The molecule has 2 saturated heterocycles. The Hall–Kier alpha value is -1.58. The number of amides is 1. The zero-order valence-electron chi connectivity index (χ0n) is 14.3. The van der Waals surface area contributed by atoms with Gasteiger partial charge in [0.25, 0.3) is 0 Å². The lowest BCUT2D eigenvalue weighted by Crippen LogP contribution is -2.44. The van der Waals surface area contributed by atoms with Gasteiger partial charge in [-0.3, -0.25) is 4.79 Å². The van der Waals surface area contributed by atoms with Gasteiger partial charge in [0.1, 0.15) is 0 Å². The molecule has 1 atom stereocenters. The fourth-order valence-corrected chi connectivity index (χ4v) is 4.79. The molecule has 0 aromatic heterocycles. The number of hydrogen-bond donors (Lipinski definition) is 1. The topological polar surface area (TPSA) is 75.7 Å². The number of piperidine rings is 1. The fraction of sp³-hybridized carbons (Fsp3) is 0.588. The van der Waals surface area contributed by atoms with Crippen molar-refractivity contribution in [2.24, 2.45) is 5.92 Å². The average molecular weight is 388 g/mol. The highest BCUT2D eigenvalue weighted by atomic mass is 32.2. The molecule has 0 aliphatic carbocycles. The Morgan fingerprint density at radius 1 is 1.19 bits per heavy atom. The third-order valence-electron chi connectivity index (χ3n) is 4.88. The fourth-order valence-electron chi connectivity index (χ4n) is 3.31. The summed E-state index contributed by atoms with van der Waals surface area (Å²) in [6.07, 6.45) is 2.78. The van der Waals surface area contributed by atoms with Gasteiger partial charge in [-0.05, 0) is 43.9 Å². The highest BCUT2D eigenvalue weighted by Gasteiger charge is 2.32. The number of carbonyl (C=O) groups excluding carboxylic acids is 1. The molecule has 0 spiro atoms. The van der Waals surface area contributed by atoms with Crippen LogP contribution in [0, 0.1) is 17.6 Å². The van der Waals surface area contributed by atoms with Crippen molar-refractivity contribution >= 4 is 15.9 Å². The van der Waals surface area contributed by atoms with Gasteiger partial charge in [-0.15, -0.1) is 0 Å². The van der Waals surface area contributed by atoms with E-state index in [0.29, 0.717) is 25.5 Å². The third-order valence-corrected chi connectivity index (χ3v) is 6.78. The van der Waals surface area contributed by atoms with Gasteiger partial charge in [-0.1, -0.05) is 0 Å². The number of benzene rings is 1. The van der Waals surface area contributed by atoms with E-state index in [1.807, 2.05) is 0 Å². The van der Waals surface area contributed by atoms with Crippen molar-refractivity contribution in [3.63, 3.8) is 0 Å². The molecular formula is C17H22F2N2O4S. The van der Waals surface area contributed by atoms with Crippen LogP contribution >= 0.6 is 0 Å². The Labute approximate surface area is 151 Å². The second-order valence-corrected chi connectivity index (χ2v) is 8.57. The van der Waals surface area contributed by atoms with Crippen LogP contribution in [-0.4, -0.2) is 51.0 Å². The van der Waals surface area contributed by atoms with Gasteiger partial charge >= 0.3 is 0 Å². The highest BCUT2D eigenvalue weighted by molar-refractivity contribution is 7.89. The molecule has 3 rings (SSSR count). The minimum atomic E-state index is -3.90. The maximum atomic E-state index is 13.3. The lowest BCUT2D eigenvalue weighted by molar-refractivity contribution is -0.126. The van der Waals surface area contributed by atoms with Crippen LogP contribution in [0.25, 0.3) is 0 Å². The first-order valence-corrected chi connectivity index (χ1v) is 10.2. The van der Waals surface area contributed by atoms with Crippen molar-refractivity contribution in [3.8, 4) is 0 Å². The highest BCUT2D eigenvalue weighted by Crippen LogP contribution is 2.25. The lowest BCUT2D eigenvalue weighted by atomic mass is 9.97. The first kappa shape index (κ1) is 19.2. The van der Waals surface area contributed by atoms with Crippen LogP contribution in [0.4, 0.5) is 8.78 Å². The van der Waals surface area contributed by atoms with Crippen LogP contribution in [0.5, 0.6) is 0 Å². The molecule has 9 heteroatoms. The quantitative estimate of drug-likeness (QED) is 0.833. The summed E-state index contributed by atoms with van der Waals surface area (Å²) in [6.45, 7) is 1.53. The minimum Gasteiger partial charge on any atom is -0.376 e. The van der Waals surface area contributed by atoms with Crippen molar-refractivity contribution in [2.75, 3.05) is 26.2 Å². The number of hydrogen-bond acceptors (Lipinski definition) is 4. The molecule has 26 heavy (non-hydrogen) atoms. The molecule has 1 N–H and O–H groups in total. The molecule has 0 unspecified atom stereocenters.